The Morgan fingerprint density at radius 1 is 1.22 bits per heavy atom. The molecule has 0 bridgehead atoms. The number of carbonyl (C=O) groups is 2. The Kier molecular flexibility index (Phi) is 5.64. The number of anilines is 1. The predicted octanol–water partition coefficient (Wildman–Crippen LogP) is 3.29. The maximum Gasteiger partial charge on any atom is 0.262 e. The average Bonchev–Trinajstić information content (AvgIpc) is 2.79. The van der Waals surface area contributed by atoms with Crippen LogP contribution in [0, 0.1) is 0 Å². The fourth-order valence-corrected chi connectivity index (χ4v) is 2.80. The van der Waals surface area contributed by atoms with Crippen molar-refractivity contribution in [2.24, 2.45) is 0 Å². The number of carbonyl (C=O) groups excluding carboxylic acids is 2. The van der Waals surface area contributed by atoms with E-state index in [1.807, 2.05) is 24.3 Å². The van der Waals surface area contributed by atoms with Crippen LogP contribution in [0.2, 0.25) is 0 Å². The SMILES string of the molecule is CC(C)c1ccc(OCC(=O)Nc2ccc3c(c2)C(=O)N(C)CCO3)cc1. The number of hydrogen-bond donors (Lipinski definition) is 1. The van der Waals surface area contributed by atoms with E-state index in [-0.39, 0.29) is 18.4 Å². The maximum atomic E-state index is 12.4. The Balaban J connectivity index is 1.61. The van der Waals surface area contributed by atoms with Crippen molar-refractivity contribution in [1.82, 2.24) is 4.90 Å². The molecule has 0 radical (unpaired) electrons. The van der Waals surface area contributed by atoms with E-state index in [9.17, 15) is 9.59 Å². The molecule has 1 aliphatic heterocycles. The number of rotatable bonds is 5. The van der Waals surface area contributed by atoms with E-state index in [0.717, 1.165) is 0 Å². The molecule has 0 aromatic heterocycles. The molecule has 0 saturated carbocycles. The molecular formula is C21H24N2O4. The first kappa shape index (κ1) is 18.8. The van der Waals surface area contributed by atoms with Crippen LogP contribution < -0.4 is 14.8 Å². The Bertz CT molecular complexity index is 831. The highest BCUT2D eigenvalue weighted by Gasteiger charge is 2.21. The molecule has 0 saturated heterocycles. The van der Waals surface area contributed by atoms with E-state index < -0.39 is 0 Å². The Morgan fingerprint density at radius 2 is 1.96 bits per heavy atom. The molecule has 0 atom stereocenters. The summed E-state index contributed by atoms with van der Waals surface area (Å²) in [7, 11) is 1.73. The molecule has 0 unspecified atom stereocenters. The third kappa shape index (κ3) is 4.58. The van der Waals surface area contributed by atoms with Crippen LogP contribution in [-0.4, -0.2) is 43.5 Å². The first-order valence-electron chi connectivity index (χ1n) is 8.99. The van der Waals surface area contributed by atoms with Gasteiger partial charge in [-0.05, 0) is 41.8 Å². The van der Waals surface area contributed by atoms with Crippen molar-refractivity contribution in [1.29, 1.82) is 0 Å². The molecule has 1 N–H and O–H groups in total. The Morgan fingerprint density at radius 3 is 2.67 bits per heavy atom. The van der Waals surface area contributed by atoms with Gasteiger partial charge in [0.2, 0.25) is 0 Å². The topological polar surface area (TPSA) is 67.9 Å². The van der Waals surface area contributed by atoms with Gasteiger partial charge in [0.1, 0.15) is 18.1 Å². The largest absolute Gasteiger partial charge is 0.491 e. The zero-order valence-corrected chi connectivity index (χ0v) is 15.8. The number of nitrogens with one attached hydrogen (secondary N) is 1. The summed E-state index contributed by atoms with van der Waals surface area (Å²) in [5.41, 5.74) is 2.19. The fourth-order valence-electron chi connectivity index (χ4n) is 2.80. The van der Waals surface area contributed by atoms with E-state index in [1.165, 1.54) is 5.56 Å². The van der Waals surface area contributed by atoms with Crippen molar-refractivity contribution in [2.45, 2.75) is 19.8 Å². The normalized spacial score (nSPS) is 13.6. The van der Waals surface area contributed by atoms with Crippen molar-refractivity contribution >= 4 is 17.5 Å². The third-order valence-corrected chi connectivity index (χ3v) is 4.44. The second-order valence-electron chi connectivity index (χ2n) is 6.85. The second-order valence-corrected chi connectivity index (χ2v) is 6.85. The first-order valence-corrected chi connectivity index (χ1v) is 8.99. The quantitative estimate of drug-likeness (QED) is 0.879. The molecule has 6 nitrogen and oxygen atoms in total. The van der Waals surface area contributed by atoms with E-state index in [4.69, 9.17) is 9.47 Å². The predicted molar refractivity (Wildman–Crippen MR) is 104 cm³/mol. The molecule has 3 rings (SSSR count). The van der Waals surface area contributed by atoms with Gasteiger partial charge in [0, 0.05) is 12.7 Å². The number of nitrogens with zero attached hydrogens (tertiary/aromatic N) is 1. The smallest absolute Gasteiger partial charge is 0.262 e. The van der Waals surface area contributed by atoms with Crippen molar-refractivity contribution in [3.05, 3.63) is 53.6 Å². The van der Waals surface area contributed by atoms with Gasteiger partial charge < -0.3 is 19.7 Å². The number of hydrogen-bond acceptors (Lipinski definition) is 4. The van der Waals surface area contributed by atoms with Gasteiger partial charge in [0.25, 0.3) is 11.8 Å². The summed E-state index contributed by atoms with van der Waals surface area (Å²) in [5.74, 6) is 1.20. The fraction of sp³-hybridized carbons (Fsp3) is 0.333. The number of benzene rings is 2. The van der Waals surface area contributed by atoms with E-state index in [1.54, 1.807) is 30.1 Å². The Hall–Kier alpha value is -3.02. The highest BCUT2D eigenvalue weighted by Crippen LogP contribution is 2.26. The zero-order chi connectivity index (χ0) is 19.4. The van der Waals surface area contributed by atoms with Gasteiger partial charge in [-0.25, -0.2) is 0 Å². The van der Waals surface area contributed by atoms with Crippen LogP contribution in [0.5, 0.6) is 11.5 Å². The van der Waals surface area contributed by atoms with Gasteiger partial charge in [-0.2, -0.15) is 0 Å². The minimum absolute atomic E-state index is 0.109. The van der Waals surface area contributed by atoms with Crippen LogP contribution in [0.1, 0.15) is 35.7 Å². The molecular weight excluding hydrogens is 344 g/mol. The van der Waals surface area contributed by atoms with Crippen LogP contribution in [0.25, 0.3) is 0 Å². The molecule has 0 spiro atoms. The zero-order valence-electron chi connectivity index (χ0n) is 15.8. The number of ether oxygens (including phenoxy) is 2. The van der Waals surface area contributed by atoms with Crippen molar-refractivity contribution < 1.29 is 19.1 Å². The lowest BCUT2D eigenvalue weighted by Crippen LogP contribution is -2.28. The number of fused-ring (bicyclic) bond motifs is 1. The molecule has 0 fully saturated rings. The highest BCUT2D eigenvalue weighted by molar-refractivity contribution is 5.99. The van der Waals surface area contributed by atoms with Gasteiger partial charge >= 0.3 is 0 Å². The maximum absolute atomic E-state index is 12.4. The van der Waals surface area contributed by atoms with Crippen LogP contribution in [0.4, 0.5) is 5.69 Å². The molecule has 27 heavy (non-hydrogen) atoms. The summed E-state index contributed by atoms with van der Waals surface area (Å²) < 4.78 is 11.1. The molecule has 0 aliphatic carbocycles. The summed E-state index contributed by atoms with van der Waals surface area (Å²) in [6.45, 7) is 5.11. The van der Waals surface area contributed by atoms with Gasteiger partial charge in [-0.3, -0.25) is 9.59 Å². The van der Waals surface area contributed by atoms with Crippen molar-refractivity contribution in [3.8, 4) is 11.5 Å². The summed E-state index contributed by atoms with van der Waals surface area (Å²) in [6, 6.07) is 12.8. The van der Waals surface area contributed by atoms with Crippen LogP contribution in [0.15, 0.2) is 42.5 Å². The van der Waals surface area contributed by atoms with Crippen LogP contribution in [-0.2, 0) is 4.79 Å². The van der Waals surface area contributed by atoms with Gasteiger partial charge in [-0.1, -0.05) is 26.0 Å². The van der Waals surface area contributed by atoms with E-state index >= 15 is 0 Å². The van der Waals surface area contributed by atoms with Crippen LogP contribution in [0.3, 0.4) is 0 Å². The second kappa shape index (κ2) is 8.12. The molecule has 2 amide bonds. The monoisotopic (exact) mass is 368 g/mol. The number of likely N-dealkylation sites (N-methyl/N-ethyl adjacent to an activating group) is 1. The minimum atomic E-state index is -0.293. The molecule has 142 valence electrons. The first-order chi connectivity index (χ1) is 12.9. The van der Waals surface area contributed by atoms with Gasteiger partial charge in [-0.15, -0.1) is 0 Å². The van der Waals surface area contributed by atoms with Gasteiger partial charge in [0.15, 0.2) is 6.61 Å². The lowest BCUT2D eigenvalue weighted by molar-refractivity contribution is -0.118. The summed E-state index contributed by atoms with van der Waals surface area (Å²) in [6.07, 6.45) is 0. The lowest BCUT2D eigenvalue weighted by Gasteiger charge is -2.13. The van der Waals surface area contributed by atoms with Gasteiger partial charge in [0.05, 0.1) is 12.1 Å². The van der Waals surface area contributed by atoms with Crippen LogP contribution >= 0.6 is 0 Å². The highest BCUT2D eigenvalue weighted by atomic mass is 16.5. The lowest BCUT2D eigenvalue weighted by atomic mass is 10.0. The van der Waals surface area contributed by atoms with E-state index in [0.29, 0.717) is 41.8 Å². The van der Waals surface area contributed by atoms with E-state index in [2.05, 4.69) is 19.2 Å². The third-order valence-electron chi connectivity index (χ3n) is 4.44. The summed E-state index contributed by atoms with van der Waals surface area (Å²) in [4.78, 5) is 26.1. The Labute approximate surface area is 159 Å². The average molecular weight is 368 g/mol. The molecule has 2 aromatic rings. The molecule has 2 aromatic carbocycles. The van der Waals surface area contributed by atoms with Crippen molar-refractivity contribution in [3.63, 3.8) is 0 Å². The molecule has 1 aliphatic rings. The summed E-state index contributed by atoms with van der Waals surface area (Å²) >= 11 is 0. The number of amides is 2. The molecule has 6 heteroatoms. The minimum Gasteiger partial charge on any atom is -0.491 e. The molecule has 1 heterocycles. The van der Waals surface area contributed by atoms with Crippen molar-refractivity contribution in [2.75, 3.05) is 32.1 Å². The summed E-state index contributed by atoms with van der Waals surface area (Å²) in [5, 5.41) is 2.76. The standard InChI is InChI=1S/C21H24N2O4/c1-14(2)15-4-7-17(8-5-15)27-13-20(24)22-16-6-9-19-18(12-16)21(25)23(3)10-11-26-19/h4-9,12,14H,10-11,13H2,1-3H3,(H,22,24).